The molecule has 0 unspecified atom stereocenters. The number of aliphatic imine (C=N–C) groups is 1. The van der Waals surface area contributed by atoms with Crippen molar-refractivity contribution in [2.45, 2.75) is 20.3 Å². The standard InChI is InChI=1S/C20H18F2N/c1-4-13-7-12(2)14(11-23-3)8-17(13)19-10-18(19)16-6-5-15(21)9-20(16)22/h5-11H,4H2,1-3H3. The van der Waals surface area contributed by atoms with Crippen LogP contribution in [0.2, 0.25) is 0 Å². The fourth-order valence-electron chi connectivity index (χ4n) is 2.87. The smallest absolute Gasteiger partial charge is 0.130 e. The summed E-state index contributed by atoms with van der Waals surface area (Å²) in [4.78, 5) is 4.09. The highest BCUT2D eigenvalue weighted by Gasteiger charge is 2.32. The second-order valence-electron chi connectivity index (χ2n) is 5.70. The topological polar surface area (TPSA) is 12.4 Å². The first-order valence-electron chi connectivity index (χ1n) is 7.65. The van der Waals surface area contributed by atoms with E-state index in [0.717, 1.165) is 35.1 Å². The van der Waals surface area contributed by atoms with Gasteiger partial charge in [-0.05, 0) is 53.3 Å². The van der Waals surface area contributed by atoms with Gasteiger partial charge in [0.05, 0.1) is 5.92 Å². The summed E-state index contributed by atoms with van der Waals surface area (Å²) in [6.45, 7) is 4.17. The van der Waals surface area contributed by atoms with Crippen LogP contribution in [0.3, 0.4) is 0 Å². The number of halogens is 2. The third-order valence-electron chi connectivity index (χ3n) is 4.15. The number of hydrogen-bond acceptors (Lipinski definition) is 1. The summed E-state index contributed by atoms with van der Waals surface area (Å²) in [6, 6.07) is 7.97. The normalized spacial score (nSPS) is 14.4. The lowest BCUT2D eigenvalue weighted by Crippen LogP contribution is -1.98. The third kappa shape index (κ3) is 2.96. The lowest BCUT2D eigenvalue weighted by Gasteiger charge is -2.11. The lowest BCUT2D eigenvalue weighted by molar-refractivity contribution is 0.578. The van der Waals surface area contributed by atoms with E-state index in [4.69, 9.17) is 0 Å². The second-order valence-corrected chi connectivity index (χ2v) is 5.70. The molecule has 0 bridgehead atoms. The zero-order chi connectivity index (χ0) is 16.6. The Morgan fingerprint density at radius 3 is 2.52 bits per heavy atom. The zero-order valence-electron chi connectivity index (χ0n) is 13.5. The van der Waals surface area contributed by atoms with Crippen molar-refractivity contribution in [3.63, 3.8) is 0 Å². The van der Waals surface area contributed by atoms with Gasteiger partial charge in [-0.1, -0.05) is 25.1 Å². The molecule has 2 aromatic rings. The quantitative estimate of drug-likeness (QED) is 0.712. The van der Waals surface area contributed by atoms with Crippen LogP contribution in [0.5, 0.6) is 0 Å². The molecule has 0 saturated heterocycles. The summed E-state index contributed by atoms with van der Waals surface area (Å²) in [5.74, 6) is -0.229. The minimum atomic E-state index is -0.555. The van der Waals surface area contributed by atoms with Gasteiger partial charge in [0.15, 0.2) is 0 Å². The van der Waals surface area contributed by atoms with Crippen LogP contribution in [0.4, 0.5) is 8.78 Å². The Morgan fingerprint density at radius 2 is 1.87 bits per heavy atom. The number of allylic oxidation sites excluding steroid dienone is 2. The second kappa shape index (κ2) is 6.07. The van der Waals surface area contributed by atoms with Crippen molar-refractivity contribution in [3.8, 4) is 0 Å². The molecule has 3 rings (SSSR count). The van der Waals surface area contributed by atoms with E-state index in [1.54, 1.807) is 7.05 Å². The van der Waals surface area contributed by atoms with Crippen molar-refractivity contribution >= 4 is 11.8 Å². The van der Waals surface area contributed by atoms with Crippen LogP contribution < -0.4 is 0 Å². The average molecular weight is 310 g/mol. The predicted octanol–water partition coefficient (Wildman–Crippen LogP) is 4.90. The van der Waals surface area contributed by atoms with Crippen molar-refractivity contribution < 1.29 is 8.78 Å². The first-order valence-corrected chi connectivity index (χ1v) is 7.65. The minimum absolute atomic E-state index is 0.453. The van der Waals surface area contributed by atoms with E-state index in [2.05, 4.69) is 31.0 Å². The van der Waals surface area contributed by atoms with Crippen LogP contribution in [-0.2, 0) is 6.42 Å². The molecular weight excluding hydrogens is 292 g/mol. The van der Waals surface area contributed by atoms with E-state index in [0.29, 0.717) is 5.56 Å². The Kier molecular flexibility index (Phi) is 4.12. The Morgan fingerprint density at radius 1 is 1.09 bits per heavy atom. The van der Waals surface area contributed by atoms with E-state index in [1.165, 1.54) is 23.3 Å². The summed E-state index contributed by atoms with van der Waals surface area (Å²) in [6.07, 6.45) is 4.68. The maximum absolute atomic E-state index is 14.0. The fourth-order valence-corrected chi connectivity index (χ4v) is 2.87. The molecule has 0 N–H and O–H groups in total. The summed E-state index contributed by atoms with van der Waals surface area (Å²) in [7, 11) is 1.74. The van der Waals surface area contributed by atoms with E-state index < -0.39 is 11.6 Å². The molecule has 0 amide bonds. The maximum Gasteiger partial charge on any atom is 0.130 e. The molecule has 0 aromatic heterocycles. The Bertz CT molecular complexity index is 819. The van der Waals surface area contributed by atoms with Crippen molar-refractivity contribution in [2.75, 3.05) is 7.05 Å². The highest BCUT2D eigenvalue weighted by Crippen LogP contribution is 2.47. The van der Waals surface area contributed by atoms with Gasteiger partial charge in [0.25, 0.3) is 0 Å². The molecule has 0 heterocycles. The van der Waals surface area contributed by atoms with Crippen LogP contribution in [0.15, 0.2) is 41.4 Å². The molecule has 2 aromatic carbocycles. The largest absolute Gasteiger partial charge is 0.296 e. The highest BCUT2D eigenvalue weighted by molar-refractivity contribution is 6.00. The molecule has 0 spiro atoms. The average Bonchev–Trinajstić information content (AvgIpc) is 3.29. The lowest BCUT2D eigenvalue weighted by atomic mass is 9.93. The van der Waals surface area contributed by atoms with Gasteiger partial charge in [0.2, 0.25) is 0 Å². The fraction of sp³-hybridized carbons (Fsp3) is 0.200. The van der Waals surface area contributed by atoms with Gasteiger partial charge in [-0.15, -0.1) is 0 Å². The molecule has 0 saturated carbocycles. The minimum Gasteiger partial charge on any atom is -0.296 e. The van der Waals surface area contributed by atoms with Crippen LogP contribution >= 0.6 is 0 Å². The van der Waals surface area contributed by atoms with Crippen molar-refractivity contribution in [2.24, 2.45) is 4.99 Å². The number of aryl methyl sites for hydroxylation is 2. The molecule has 1 nitrogen and oxygen atoms in total. The van der Waals surface area contributed by atoms with Crippen LogP contribution in [0.1, 0.15) is 34.7 Å². The van der Waals surface area contributed by atoms with E-state index in [-0.39, 0.29) is 0 Å². The van der Waals surface area contributed by atoms with Crippen molar-refractivity contribution in [3.05, 3.63) is 81.8 Å². The van der Waals surface area contributed by atoms with Crippen LogP contribution in [0, 0.1) is 24.5 Å². The summed E-state index contributed by atoms with van der Waals surface area (Å²) in [5, 5.41) is 0. The van der Waals surface area contributed by atoms with E-state index in [9.17, 15) is 8.78 Å². The molecule has 23 heavy (non-hydrogen) atoms. The Hall–Kier alpha value is -2.29. The van der Waals surface area contributed by atoms with Crippen LogP contribution in [0.25, 0.3) is 5.57 Å². The number of nitrogens with zero attached hydrogens (tertiary/aromatic N) is 1. The molecule has 117 valence electrons. The van der Waals surface area contributed by atoms with Gasteiger partial charge in [-0.25, -0.2) is 8.78 Å². The number of hydrogen-bond donors (Lipinski definition) is 0. The van der Waals surface area contributed by atoms with E-state index >= 15 is 0 Å². The van der Waals surface area contributed by atoms with Crippen molar-refractivity contribution in [1.82, 2.24) is 0 Å². The molecule has 3 heteroatoms. The van der Waals surface area contributed by atoms with Gasteiger partial charge < -0.3 is 0 Å². The van der Waals surface area contributed by atoms with Crippen LogP contribution in [-0.4, -0.2) is 13.3 Å². The van der Waals surface area contributed by atoms with Crippen molar-refractivity contribution in [1.29, 1.82) is 0 Å². The SMILES string of the molecule is CCc1cc(C)c(C=NC)cc1C1=C[C]1c1ccc(F)cc1F. The third-order valence-corrected chi connectivity index (χ3v) is 4.15. The molecule has 0 aliphatic heterocycles. The summed E-state index contributed by atoms with van der Waals surface area (Å²) in [5.41, 5.74) is 6.04. The molecule has 1 aliphatic rings. The Labute approximate surface area is 135 Å². The molecule has 0 fully saturated rings. The van der Waals surface area contributed by atoms with Gasteiger partial charge in [-0.3, -0.25) is 4.99 Å². The first-order chi connectivity index (χ1) is 11.0. The molecule has 1 aliphatic carbocycles. The van der Waals surface area contributed by atoms with E-state index in [1.807, 2.05) is 12.3 Å². The number of rotatable bonds is 4. The maximum atomic E-state index is 14.0. The monoisotopic (exact) mass is 310 g/mol. The first kappa shape index (κ1) is 15.6. The Balaban J connectivity index is 1.97. The summed E-state index contributed by atoms with van der Waals surface area (Å²) < 4.78 is 27.0. The van der Waals surface area contributed by atoms with Gasteiger partial charge >= 0.3 is 0 Å². The van der Waals surface area contributed by atoms with Gasteiger partial charge in [0.1, 0.15) is 11.6 Å². The van der Waals surface area contributed by atoms with Gasteiger partial charge in [0, 0.05) is 24.9 Å². The molecule has 0 atom stereocenters. The molecular formula is C20H18F2N. The highest BCUT2D eigenvalue weighted by atomic mass is 19.1. The number of benzene rings is 2. The zero-order valence-corrected chi connectivity index (χ0v) is 13.5. The summed E-state index contributed by atoms with van der Waals surface area (Å²) >= 11 is 0. The van der Waals surface area contributed by atoms with Gasteiger partial charge in [-0.2, -0.15) is 0 Å². The predicted molar refractivity (Wildman–Crippen MR) is 90.8 cm³/mol. The molecule has 1 radical (unpaired) electrons.